The maximum Gasteiger partial charge on any atom is 0.255 e. The van der Waals surface area contributed by atoms with Crippen molar-refractivity contribution in [1.82, 2.24) is 0 Å². The molecule has 32 heavy (non-hydrogen) atoms. The summed E-state index contributed by atoms with van der Waals surface area (Å²) in [5.74, 6) is 0.715. The predicted octanol–water partition coefficient (Wildman–Crippen LogP) is 4.44. The van der Waals surface area contributed by atoms with Crippen molar-refractivity contribution >= 4 is 23.2 Å². The third-order valence-electron chi connectivity index (χ3n) is 5.88. The minimum atomic E-state index is -0.786. The lowest BCUT2D eigenvalue weighted by atomic mass is 9.98. The Balaban J connectivity index is 1.83. The molecule has 0 unspecified atom stereocenters. The summed E-state index contributed by atoms with van der Waals surface area (Å²) in [5, 5.41) is 0. The Hall–Kier alpha value is -3.80. The molecule has 6 nitrogen and oxygen atoms in total. The fourth-order valence-corrected chi connectivity index (χ4v) is 4.00. The van der Waals surface area contributed by atoms with Gasteiger partial charge >= 0.3 is 0 Å². The van der Waals surface area contributed by atoms with Crippen LogP contribution < -0.4 is 19.3 Å². The summed E-state index contributed by atoms with van der Waals surface area (Å²) in [6.07, 6.45) is 0. The van der Waals surface area contributed by atoms with Gasteiger partial charge in [0, 0.05) is 11.8 Å². The second-order valence-electron chi connectivity index (χ2n) is 7.81. The fraction of sp³-hybridized carbons (Fsp3) is 0.231. The van der Waals surface area contributed by atoms with Gasteiger partial charge in [0.25, 0.3) is 5.91 Å². The maximum atomic E-state index is 13.9. The highest BCUT2D eigenvalue weighted by Crippen LogP contribution is 2.39. The van der Waals surface area contributed by atoms with Crippen molar-refractivity contribution in [3.8, 4) is 11.5 Å². The molecule has 0 N–H and O–H groups in total. The van der Waals surface area contributed by atoms with E-state index in [2.05, 4.69) is 0 Å². The number of rotatable bonds is 5. The number of benzene rings is 3. The Morgan fingerprint density at radius 2 is 1.59 bits per heavy atom. The van der Waals surface area contributed by atoms with E-state index in [4.69, 9.17) is 9.47 Å². The number of anilines is 2. The number of carbonyl (C=O) groups is 2. The summed E-state index contributed by atoms with van der Waals surface area (Å²) in [5.41, 5.74) is 4.19. The molecule has 3 aromatic rings. The number of piperazine rings is 1. The maximum absolute atomic E-state index is 13.9. The quantitative estimate of drug-likeness (QED) is 0.600. The van der Waals surface area contributed by atoms with Gasteiger partial charge in [-0.05, 0) is 54.8 Å². The molecule has 2 amide bonds. The van der Waals surface area contributed by atoms with Gasteiger partial charge in [-0.25, -0.2) is 0 Å². The Kier molecular flexibility index (Phi) is 5.86. The van der Waals surface area contributed by atoms with Gasteiger partial charge in [0.2, 0.25) is 5.91 Å². The second-order valence-corrected chi connectivity index (χ2v) is 7.81. The highest BCUT2D eigenvalue weighted by molar-refractivity contribution is 6.15. The number of aryl methyl sites for hydroxylation is 2. The van der Waals surface area contributed by atoms with Crippen LogP contribution in [0.3, 0.4) is 0 Å². The summed E-state index contributed by atoms with van der Waals surface area (Å²) in [4.78, 5) is 30.5. The smallest absolute Gasteiger partial charge is 0.255 e. The lowest BCUT2D eigenvalue weighted by Crippen LogP contribution is -2.56. The van der Waals surface area contributed by atoms with Gasteiger partial charge in [0.1, 0.15) is 24.1 Å². The van der Waals surface area contributed by atoms with Crippen molar-refractivity contribution in [3.05, 3.63) is 83.4 Å². The molecule has 1 heterocycles. The van der Waals surface area contributed by atoms with Crippen molar-refractivity contribution < 1.29 is 19.1 Å². The Labute approximate surface area is 188 Å². The van der Waals surface area contributed by atoms with Crippen LogP contribution in [0.5, 0.6) is 11.5 Å². The highest BCUT2D eigenvalue weighted by atomic mass is 16.5. The van der Waals surface area contributed by atoms with Crippen molar-refractivity contribution in [2.24, 2.45) is 0 Å². The summed E-state index contributed by atoms with van der Waals surface area (Å²) < 4.78 is 10.8. The highest BCUT2D eigenvalue weighted by Gasteiger charge is 2.42. The van der Waals surface area contributed by atoms with E-state index in [9.17, 15) is 9.59 Å². The topological polar surface area (TPSA) is 59.1 Å². The van der Waals surface area contributed by atoms with Crippen LogP contribution in [0, 0.1) is 13.8 Å². The zero-order valence-electron chi connectivity index (χ0n) is 18.7. The molecule has 0 aromatic heterocycles. The zero-order chi connectivity index (χ0) is 22.8. The van der Waals surface area contributed by atoms with E-state index in [-0.39, 0.29) is 18.4 Å². The summed E-state index contributed by atoms with van der Waals surface area (Å²) in [6.45, 7) is 3.94. The lowest BCUT2D eigenvalue weighted by Gasteiger charge is -2.41. The van der Waals surface area contributed by atoms with Crippen LogP contribution in [0.2, 0.25) is 0 Å². The number of amides is 2. The van der Waals surface area contributed by atoms with Crippen molar-refractivity contribution in [2.75, 3.05) is 30.6 Å². The first-order valence-corrected chi connectivity index (χ1v) is 10.4. The molecule has 1 fully saturated rings. The first-order valence-electron chi connectivity index (χ1n) is 10.4. The third-order valence-corrected chi connectivity index (χ3v) is 5.88. The molecule has 1 aliphatic heterocycles. The molecule has 1 aliphatic rings. The van der Waals surface area contributed by atoms with Crippen LogP contribution in [-0.2, 0) is 9.59 Å². The molecule has 0 spiro atoms. The molecular formula is C26H26N2O4. The number of nitrogens with zero attached hydrogens (tertiary/aromatic N) is 2. The standard InChI is InChI=1S/C26H26N2O4/c1-17-10-11-20(14-18(17)2)28-24(29)16-27(22-13-12-21(31-3)15-23(22)32-4)26(30)25(28)19-8-6-5-7-9-19/h5-15,25H,16H2,1-4H3/t25-/m0/s1. The van der Waals surface area contributed by atoms with E-state index < -0.39 is 6.04 Å². The number of methoxy groups -OCH3 is 2. The molecule has 0 saturated carbocycles. The first-order chi connectivity index (χ1) is 15.4. The molecule has 0 aliphatic carbocycles. The van der Waals surface area contributed by atoms with Gasteiger partial charge in [0.15, 0.2) is 0 Å². The van der Waals surface area contributed by atoms with Crippen molar-refractivity contribution in [2.45, 2.75) is 19.9 Å². The summed E-state index contributed by atoms with van der Waals surface area (Å²) in [6, 6.07) is 19.6. The van der Waals surface area contributed by atoms with Gasteiger partial charge in [-0.3, -0.25) is 19.4 Å². The van der Waals surface area contributed by atoms with Crippen LogP contribution in [0.25, 0.3) is 0 Å². The SMILES string of the molecule is COc1ccc(N2CC(=O)N(c3ccc(C)c(C)c3)[C@@H](c3ccccc3)C2=O)c(OC)c1. The number of hydrogen-bond acceptors (Lipinski definition) is 4. The Morgan fingerprint density at radius 3 is 2.25 bits per heavy atom. The van der Waals surface area contributed by atoms with Crippen LogP contribution in [0.15, 0.2) is 66.7 Å². The Bertz CT molecular complexity index is 1160. The van der Waals surface area contributed by atoms with E-state index in [1.165, 1.54) is 12.0 Å². The van der Waals surface area contributed by atoms with E-state index >= 15 is 0 Å². The van der Waals surface area contributed by atoms with Crippen LogP contribution in [-0.4, -0.2) is 32.6 Å². The van der Waals surface area contributed by atoms with E-state index in [1.54, 1.807) is 30.2 Å². The van der Waals surface area contributed by atoms with Crippen molar-refractivity contribution in [1.29, 1.82) is 0 Å². The van der Waals surface area contributed by atoms with Gasteiger partial charge in [-0.15, -0.1) is 0 Å². The molecule has 1 saturated heterocycles. The van der Waals surface area contributed by atoms with Crippen molar-refractivity contribution in [3.63, 3.8) is 0 Å². The van der Waals surface area contributed by atoms with E-state index in [0.717, 1.165) is 16.7 Å². The average molecular weight is 431 g/mol. The van der Waals surface area contributed by atoms with Crippen LogP contribution in [0.4, 0.5) is 11.4 Å². The first kappa shape index (κ1) is 21.4. The molecule has 0 radical (unpaired) electrons. The van der Waals surface area contributed by atoms with Crippen LogP contribution >= 0.6 is 0 Å². The molecule has 3 aromatic carbocycles. The molecule has 164 valence electrons. The largest absolute Gasteiger partial charge is 0.497 e. The Morgan fingerprint density at radius 1 is 0.844 bits per heavy atom. The summed E-state index contributed by atoms with van der Waals surface area (Å²) in [7, 11) is 3.10. The monoisotopic (exact) mass is 430 g/mol. The number of carbonyl (C=O) groups excluding carboxylic acids is 2. The molecule has 0 bridgehead atoms. The van der Waals surface area contributed by atoms with Crippen LogP contribution in [0.1, 0.15) is 22.7 Å². The predicted molar refractivity (Wildman–Crippen MR) is 124 cm³/mol. The molecule has 1 atom stereocenters. The minimum Gasteiger partial charge on any atom is -0.497 e. The number of ether oxygens (including phenoxy) is 2. The van der Waals surface area contributed by atoms with Gasteiger partial charge in [-0.2, -0.15) is 0 Å². The van der Waals surface area contributed by atoms with E-state index in [1.807, 2.05) is 62.4 Å². The zero-order valence-corrected chi connectivity index (χ0v) is 18.7. The lowest BCUT2D eigenvalue weighted by molar-refractivity contribution is -0.128. The summed E-state index contributed by atoms with van der Waals surface area (Å²) >= 11 is 0. The second kappa shape index (κ2) is 8.75. The van der Waals surface area contributed by atoms with Gasteiger partial charge in [0.05, 0.1) is 19.9 Å². The van der Waals surface area contributed by atoms with Gasteiger partial charge in [-0.1, -0.05) is 36.4 Å². The van der Waals surface area contributed by atoms with Gasteiger partial charge < -0.3 is 9.47 Å². The average Bonchev–Trinajstić information content (AvgIpc) is 2.82. The van der Waals surface area contributed by atoms with E-state index in [0.29, 0.717) is 22.9 Å². The third kappa shape index (κ3) is 3.80. The molecular weight excluding hydrogens is 404 g/mol. The number of hydrogen-bond donors (Lipinski definition) is 0. The fourth-order valence-electron chi connectivity index (χ4n) is 4.00. The normalized spacial score (nSPS) is 16.3. The molecule has 4 rings (SSSR count). The molecule has 6 heteroatoms. The minimum absolute atomic E-state index is 0.0855.